The van der Waals surface area contributed by atoms with Gasteiger partial charge in [0.1, 0.15) is 0 Å². The molecule has 0 radical (unpaired) electrons. The van der Waals surface area contributed by atoms with E-state index in [9.17, 15) is 0 Å². The summed E-state index contributed by atoms with van der Waals surface area (Å²) in [5.41, 5.74) is 0.542. The van der Waals surface area contributed by atoms with Crippen molar-refractivity contribution in [1.82, 2.24) is 10.2 Å². The van der Waals surface area contributed by atoms with Crippen molar-refractivity contribution in [2.75, 3.05) is 39.3 Å². The van der Waals surface area contributed by atoms with Gasteiger partial charge >= 0.3 is 0 Å². The number of ether oxygens (including phenoxy) is 1. The van der Waals surface area contributed by atoms with Crippen molar-refractivity contribution in [3.05, 3.63) is 0 Å². The highest BCUT2D eigenvalue weighted by atomic mass is 16.5. The SMILES string of the molecule is CC1(C)CCCN(CC2CNCCO2)CC1. The Labute approximate surface area is 99.5 Å². The molecule has 2 fully saturated rings. The number of morpholine rings is 1. The second kappa shape index (κ2) is 5.48. The van der Waals surface area contributed by atoms with Crippen molar-refractivity contribution < 1.29 is 4.74 Å². The topological polar surface area (TPSA) is 24.5 Å². The molecule has 94 valence electrons. The zero-order valence-corrected chi connectivity index (χ0v) is 10.8. The highest BCUT2D eigenvalue weighted by Crippen LogP contribution is 2.29. The maximum Gasteiger partial charge on any atom is 0.0826 e. The number of nitrogens with zero attached hydrogens (tertiary/aromatic N) is 1. The smallest absolute Gasteiger partial charge is 0.0826 e. The summed E-state index contributed by atoms with van der Waals surface area (Å²) in [5.74, 6) is 0. The Morgan fingerprint density at radius 2 is 2.19 bits per heavy atom. The van der Waals surface area contributed by atoms with Gasteiger partial charge in [-0.15, -0.1) is 0 Å². The molecule has 0 aromatic carbocycles. The van der Waals surface area contributed by atoms with Gasteiger partial charge in [-0.2, -0.15) is 0 Å². The van der Waals surface area contributed by atoms with Crippen molar-refractivity contribution in [2.24, 2.45) is 5.41 Å². The van der Waals surface area contributed by atoms with E-state index in [1.165, 1.54) is 32.4 Å². The van der Waals surface area contributed by atoms with E-state index in [1.54, 1.807) is 0 Å². The average molecular weight is 226 g/mol. The quantitative estimate of drug-likeness (QED) is 0.772. The molecule has 0 aromatic heterocycles. The minimum Gasteiger partial charge on any atom is -0.374 e. The van der Waals surface area contributed by atoms with Gasteiger partial charge in [-0.05, 0) is 37.8 Å². The maximum absolute atomic E-state index is 5.77. The lowest BCUT2D eigenvalue weighted by Crippen LogP contribution is -2.45. The molecule has 0 aliphatic carbocycles. The first-order chi connectivity index (χ1) is 7.66. The Bertz CT molecular complexity index is 212. The molecule has 1 atom stereocenters. The maximum atomic E-state index is 5.77. The molecule has 2 rings (SSSR count). The van der Waals surface area contributed by atoms with Crippen LogP contribution in [0.25, 0.3) is 0 Å². The van der Waals surface area contributed by atoms with E-state index in [1.807, 2.05) is 0 Å². The minimum absolute atomic E-state index is 0.412. The highest BCUT2D eigenvalue weighted by Gasteiger charge is 2.25. The Morgan fingerprint density at radius 3 is 2.94 bits per heavy atom. The van der Waals surface area contributed by atoms with Crippen molar-refractivity contribution in [1.29, 1.82) is 0 Å². The van der Waals surface area contributed by atoms with Gasteiger partial charge in [0, 0.05) is 19.6 Å². The predicted octanol–water partition coefficient (Wildman–Crippen LogP) is 1.49. The Morgan fingerprint density at radius 1 is 1.31 bits per heavy atom. The van der Waals surface area contributed by atoms with Crippen LogP contribution >= 0.6 is 0 Å². The van der Waals surface area contributed by atoms with E-state index in [-0.39, 0.29) is 0 Å². The third-order valence-corrected chi connectivity index (χ3v) is 3.90. The summed E-state index contributed by atoms with van der Waals surface area (Å²) < 4.78 is 5.77. The largest absolute Gasteiger partial charge is 0.374 e. The van der Waals surface area contributed by atoms with Crippen LogP contribution in [0.5, 0.6) is 0 Å². The van der Waals surface area contributed by atoms with Gasteiger partial charge < -0.3 is 15.0 Å². The molecule has 0 aromatic rings. The third-order valence-electron chi connectivity index (χ3n) is 3.90. The van der Waals surface area contributed by atoms with E-state index in [4.69, 9.17) is 4.74 Å². The molecular formula is C13H26N2O. The molecule has 3 nitrogen and oxygen atoms in total. The van der Waals surface area contributed by atoms with Crippen LogP contribution in [0.2, 0.25) is 0 Å². The summed E-state index contributed by atoms with van der Waals surface area (Å²) in [5, 5.41) is 3.40. The summed E-state index contributed by atoms with van der Waals surface area (Å²) in [7, 11) is 0. The van der Waals surface area contributed by atoms with Gasteiger partial charge in [0.15, 0.2) is 0 Å². The monoisotopic (exact) mass is 226 g/mol. The average Bonchev–Trinajstić information content (AvgIpc) is 2.42. The molecule has 3 heteroatoms. The van der Waals surface area contributed by atoms with E-state index in [2.05, 4.69) is 24.1 Å². The van der Waals surface area contributed by atoms with Crippen LogP contribution in [0.3, 0.4) is 0 Å². The lowest BCUT2D eigenvalue weighted by atomic mass is 9.85. The number of rotatable bonds is 2. The summed E-state index contributed by atoms with van der Waals surface area (Å²) in [4.78, 5) is 2.59. The van der Waals surface area contributed by atoms with Gasteiger partial charge in [-0.1, -0.05) is 13.8 Å². The van der Waals surface area contributed by atoms with E-state index in [0.29, 0.717) is 11.5 Å². The standard InChI is InChI=1S/C13H26N2O/c1-13(2)4-3-7-15(8-5-13)11-12-10-14-6-9-16-12/h12,14H,3-11H2,1-2H3. The van der Waals surface area contributed by atoms with E-state index in [0.717, 1.165) is 26.2 Å². The van der Waals surface area contributed by atoms with E-state index < -0.39 is 0 Å². The molecule has 1 unspecified atom stereocenters. The fourth-order valence-electron chi connectivity index (χ4n) is 2.69. The van der Waals surface area contributed by atoms with E-state index >= 15 is 0 Å². The summed E-state index contributed by atoms with van der Waals surface area (Å²) in [6, 6.07) is 0. The van der Waals surface area contributed by atoms with Crippen molar-refractivity contribution >= 4 is 0 Å². The molecule has 0 bridgehead atoms. The van der Waals surface area contributed by atoms with Crippen molar-refractivity contribution in [3.63, 3.8) is 0 Å². The molecular weight excluding hydrogens is 200 g/mol. The minimum atomic E-state index is 0.412. The fourth-order valence-corrected chi connectivity index (χ4v) is 2.69. The highest BCUT2D eigenvalue weighted by molar-refractivity contribution is 4.79. The number of nitrogens with one attached hydrogen (secondary N) is 1. The van der Waals surface area contributed by atoms with Crippen molar-refractivity contribution in [3.8, 4) is 0 Å². The van der Waals surface area contributed by atoms with Gasteiger partial charge in [0.05, 0.1) is 12.7 Å². The van der Waals surface area contributed by atoms with Crippen LogP contribution in [0, 0.1) is 5.41 Å². The van der Waals surface area contributed by atoms with Crippen LogP contribution in [0.1, 0.15) is 33.1 Å². The Balaban J connectivity index is 1.76. The van der Waals surface area contributed by atoms with Crippen LogP contribution in [-0.2, 0) is 4.74 Å². The summed E-state index contributed by atoms with van der Waals surface area (Å²) >= 11 is 0. The molecule has 0 amide bonds. The number of likely N-dealkylation sites (tertiary alicyclic amines) is 1. The molecule has 2 heterocycles. The second-order valence-electron chi connectivity index (χ2n) is 6.02. The normalized spacial score (nSPS) is 32.2. The lowest BCUT2D eigenvalue weighted by Gasteiger charge is -2.30. The Hall–Kier alpha value is -0.120. The zero-order valence-electron chi connectivity index (χ0n) is 10.8. The first-order valence-electron chi connectivity index (χ1n) is 6.70. The second-order valence-corrected chi connectivity index (χ2v) is 6.02. The first-order valence-corrected chi connectivity index (χ1v) is 6.70. The number of hydrogen-bond acceptors (Lipinski definition) is 3. The molecule has 1 N–H and O–H groups in total. The lowest BCUT2D eigenvalue weighted by molar-refractivity contribution is 0.00572. The first kappa shape index (κ1) is 12.3. The summed E-state index contributed by atoms with van der Waals surface area (Å²) in [6.07, 6.45) is 4.45. The van der Waals surface area contributed by atoms with Crippen LogP contribution < -0.4 is 5.32 Å². The number of hydrogen-bond donors (Lipinski definition) is 1. The molecule has 16 heavy (non-hydrogen) atoms. The third kappa shape index (κ3) is 3.72. The summed E-state index contributed by atoms with van der Waals surface area (Å²) in [6.45, 7) is 11.3. The predicted molar refractivity (Wildman–Crippen MR) is 66.7 cm³/mol. The van der Waals surface area contributed by atoms with Gasteiger partial charge in [-0.3, -0.25) is 0 Å². The molecule has 0 spiro atoms. The van der Waals surface area contributed by atoms with Gasteiger partial charge in [-0.25, -0.2) is 0 Å². The Kier molecular flexibility index (Phi) is 4.22. The molecule has 2 saturated heterocycles. The van der Waals surface area contributed by atoms with Crippen LogP contribution in [0.4, 0.5) is 0 Å². The molecule has 2 aliphatic rings. The van der Waals surface area contributed by atoms with Gasteiger partial charge in [0.2, 0.25) is 0 Å². The van der Waals surface area contributed by atoms with Crippen molar-refractivity contribution in [2.45, 2.75) is 39.2 Å². The van der Waals surface area contributed by atoms with Gasteiger partial charge in [0.25, 0.3) is 0 Å². The molecule has 0 saturated carbocycles. The van der Waals surface area contributed by atoms with Crippen LogP contribution in [0.15, 0.2) is 0 Å². The fraction of sp³-hybridized carbons (Fsp3) is 1.00. The molecule has 2 aliphatic heterocycles. The zero-order chi connectivity index (χ0) is 11.4. The van der Waals surface area contributed by atoms with Crippen LogP contribution in [-0.4, -0.2) is 50.3 Å².